The number of nitrogens with zero attached hydrogens (tertiary/aromatic N) is 2. The van der Waals surface area contributed by atoms with Gasteiger partial charge in [0.25, 0.3) is 0 Å². The molecule has 0 aromatic carbocycles. The summed E-state index contributed by atoms with van der Waals surface area (Å²) < 4.78 is 0. The predicted octanol–water partition coefficient (Wildman–Crippen LogP) is 2.71. The van der Waals surface area contributed by atoms with Crippen LogP contribution in [0.4, 0.5) is 5.69 Å². The van der Waals surface area contributed by atoms with Crippen LogP contribution in [0.5, 0.6) is 0 Å². The summed E-state index contributed by atoms with van der Waals surface area (Å²) in [7, 11) is 0. The number of halogens is 1. The van der Waals surface area contributed by atoms with Crippen molar-refractivity contribution in [2.45, 2.75) is 13.0 Å². The molecular weight excluding hydrogens is 272 g/mol. The third-order valence-corrected chi connectivity index (χ3v) is 4.54. The zero-order valence-corrected chi connectivity index (χ0v) is 11.2. The molecule has 0 amide bonds. The fraction of sp³-hybridized carbons (Fsp3) is 0.545. The van der Waals surface area contributed by atoms with Gasteiger partial charge in [-0.15, -0.1) is 0 Å². The van der Waals surface area contributed by atoms with Crippen molar-refractivity contribution in [2.75, 3.05) is 28.3 Å². The maximum atomic E-state index is 4.15. The Bertz CT molecular complexity index is 332. The summed E-state index contributed by atoms with van der Waals surface area (Å²) in [6, 6.07) is 2.74. The van der Waals surface area contributed by atoms with E-state index < -0.39 is 0 Å². The topological polar surface area (TPSA) is 16.1 Å². The standard InChI is InChI=1S/C11H15BrN2S/c1-9-7-13-3-2-11(9)14-4-5-15-8-10(14)6-12/h2-3,7,10H,4-6,8H2,1H3. The van der Waals surface area contributed by atoms with Gasteiger partial charge in [-0.25, -0.2) is 0 Å². The molecule has 1 fully saturated rings. The van der Waals surface area contributed by atoms with Gasteiger partial charge in [0.2, 0.25) is 0 Å². The summed E-state index contributed by atoms with van der Waals surface area (Å²) in [5, 5.41) is 1.04. The quantitative estimate of drug-likeness (QED) is 0.778. The van der Waals surface area contributed by atoms with Crippen molar-refractivity contribution in [3.05, 3.63) is 24.0 Å². The maximum Gasteiger partial charge on any atom is 0.0477 e. The molecule has 0 aliphatic carbocycles. The van der Waals surface area contributed by atoms with E-state index in [4.69, 9.17) is 0 Å². The van der Waals surface area contributed by atoms with E-state index in [0.29, 0.717) is 6.04 Å². The Kier molecular flexibility index (Phi) is 3.92. The maximum absolute atomic E-state index is 4.15. The fourth-order valence-electron chi connectivity index (χ4n) is 1.89. The van der Waals surface area contributed by atoms with Crippen LogP contribution < -0.4 is 4.90 Å². The van der Waals surface area contributed by atoms with E-state index in [-0.39, 0.29) is 0 Å². The Labute approximate surface area is 104 Å². The highest BCUT2D eigenvalue weighted by Gasteiger charge is 2.22. The first-order valence-electron chi connectivity index (χ1n) is 5.14. The van der Waals surface area contributed by atoms with Crippen molar-refractivity contribution in [3.63, 3.8) is 0 Å². The average molecular weight is 287 g/mol. The molecule has 2 heterocycles. The van der Waals surface area contributed by atoms with E-state index in [1.165, 1.54) is 22.8 Å². The van der Waals surface area contributed by atoms with E-state index >= 15 is 0 Å². The number of rotatable bonds is 2. The number of anilines is 1. The van der Waals surface area contributed by atoms with Crippen LogP contribution in [0.25, 0.3) is 0 Å². The lowest BCUT2D eigenvalue weighted by atomic mass is 10.2. The van der Waals surface area contributed by atoms with Crippen molar-refractivity contribution in [1.82, 2.24) is 4.98 Å². The van der Waals surface area contributed by atoms with E-state index in [2.05, 4.69) is 38.8 Å². The molecule has 1 saturated heterocycles. The molecule has 2 nitrogen and oxygen atoms in total. The molecule has 1 aliphatic rings. The van der Waals surface area contributed by atoms with E-state index in [1.807, 2.05) is 24.2 Å². The van der Waals surface area contributed by atoms with Gasteiger partial charge in [0, 0.05) is 47.5 Å². The van der Waals surface area contributed by atoms with E-state index in [0.717, 1.165) is 11.9 Å². The lowest BCUT2D eigenvalue weighted by Crippen LogP contribution is -2.43. The Balaban J connectivity index is 2.24. The number of hydrogen-bond acceptors (Lipinski definition) is 3. The fourth-order valence-corrected chi connectivity index (χ4v) is 3.83. The molecule has 0 spiro atoms. The highest BCUT2D eigenvalue weighted by molar-refractivity contribution is 9.09. The Morgan fingerprint density at radius 1 is 1.67 bits per heavy atom. The van der Waals surface area contributed by atoms with Crippen LogP contribution in [0.1, 0.15) is 5.56 Å². The van der Waals surface area contributed by atoms with Crippen LogP contribution in [-0.2, 0) is 0 Å². The van der Waals surface area contributed by atoms with Crippen molar-refractivity contribution >= 4 is 33.4 Å². The Morgan fingerprint density at radius 2 is 2.53 bits per heavy atom. The summed E-state index contributed by atoms with van der Waals surface area (Å²) in [5.74, 6) is 2.44. The van der Waals surface area contributed by atoms with Gasteiger partial charge in [-0.05, 0) is 18.6 Å². The van der Waals surface area contributed by atoms with Crippen LogP contribution in [0, 0.1) is 6.92 Å². The van der Waals surface area contributed by atoms with Crippen LogP contribution in [0.15, 0.2) is 18.5 Å². The molecule has 0 N–H and O–H groups in total. The molecule has 1 aliphatic heterocycles. The number of alkyl halides is 1. The highest BCUT2D eigenvalue weighted by atomic mass is 79.9. The normalized spacial score (nSPS) is 21.7. The van der Waals surface area contributed by atoms with E-state index in [1.54, 1.807) is 0 Å². The lowest BCUT2D eigenvalue weighted by Gasteiger charge is -2.37. The third kappa shape index (κ3) is 2.48. The molecule has 1 atom stereocenters. The second-order valence-corrected chi connectivity index (χ2v) is 5.54. The van der Waals surface area contributed by atoms with Crippen LogP contribution in [0.2, 0.25) is 0 Å². The van der Waals surface area contributed by atoms with Gasteiger partial charge < -0.3 is 4.90 Å². The molecule has 1 aromatic rings. The number of aromatic nitrogens is 1. The van der Waals surface area contributed by atoms with Crippen LogP contribution >= 0.6 is 27.7 Å². The van der Waals surface area contributed by atoms with Gasteiger partial charge in [0.1, 0.15) is 0 Å². The molecule has 0 radical (unpaired) electrons. The molecule has 1 aromatic heterocycles. The molecule has 0 saturated carbocycles. The molecule has 2 rings (SSSR count). The first-order chi connectivity index (χ1) is 7.33. The van der Waals surface area contributed by atoms with E-state index in [9.17, 15) is 0 Å². The average Bonchev–Trinajstić information content (AvgIpc) is 2.30. The summed E-state index contributed by atoms with van der Waals surface area (Å²) in [5.41, 5.74) is 2.62. The second kappa shape index (κ2) is 5.21. The minimum Gasteiger partial charge on any atom is -0.366 e. The molecule has 4 heteroatoms. The Morgan fingerprint density at radius 3 is 3.27 bits per heavy atom. The molecule has 82 valence electrons. The second-order valence-electron chi connectivity index (χ2n) is 3.74. The molecule has 0 bridgehead atoms. The summed E-state index contributed by atoms with van der Waals surface area (Å²) in [6.45, 7) is 3.28. The predicted molar refractivity (Wildman–Crippen MR) is 71.2 cm³/mol. The molecule has 15 heavy (non-hydrogen) atoms. The lowest BCUT2D eigenvalue weighted by molar-refractivity contribution is 0.708. The van der Waals surface area contributed by atoms with Crippen LogP contribution in [-0.4, -0.2) is 34.4 Å². The number of hydrogen-bond donors (Lipinski definition) is 0. The van der Waals surface area contributed by atoms with Crippen molar-refractivity contribution in [2.24, 2.45) is 0 Å². The SMILES string of the molecule is Cc1cnccc1N1CCSCC1CBr. The zero-order valence-electron chi connectivity index (χ0n) is 8.82. The summed E-state index contributed by atoms with van der Waals surface area (Å²) >= 11 is 5.65. The number of aryl methyl sites for hydroxylation is 1. The number of thioether (sulfide) groups is 1. The minimum atomic E-state index is 0.616. The van der Waals surface area contributed by atoms with Crippen molar-refractivity contribution in [3.8, 4) is 0 Å². The first kappa shape index (κ1) is 11.3. The minimum absolute atomic E-state index is 0.616. The van der Waals surface area contributed by atoms with Gasteiger partial charge in [0.05, 0.1) is 0 Å². The number of pyridine rings is 1. The van der Waals surface area contributed by atoms with Gasteiger partial charge >= 0.3 is 0 Å². The third-order valence-electron chi connectivity index (χ3n) is 2.71. The summed E-state index contributed by atoms with van der Waals surface area (Å²) in [6.07, 6.45) is 3.83. The first-order valence-corrected chi connectivity index (χ1v) is 7.41. The van der Waals surface area contributed by atoms with Gasteiger partial charge in [-0.1, -0.05) is 15.9 Å². The largest absolute Gasteiger partial charge is 0.366 e. The smallest absolute Gasteiger partial charge is 0.0477 e. The van der Waals surface area contributed by atoms with Gasteiger partial charge in [0.15, 0.2) is 0 Å². The van der Waals surface area contributed by atoms with Crippen LogP contribution in [0.3, 0.4) is 0 Å². The zero-order chi connectivity index (χ0) is 10.7. The highest BCUT2D eigenvalue weighted by Crippen LogP contribution is 2.26. The van der Waals surface area contributed by atoms with Gasteiger partial charge in [-0.2, -0.15) is 11.8 Å². The monoisotopic (exact) mass is 286 g/mol. The Hall–Kier alpha value is -0.220. The summed E-state index contributed by atoms with van der Waals surface area (Å²) in [4.78, 5) is 6.65. The molecule has 1 unspecified atom stereocenters. The van der Waals surface area contributed by atoms with Crippen molar-refractivity contribution < 1.29 is 0 Å². The van der Waals surface area contributed by atoms with Crippen molar-refractivity contribution in [1.29, 1.82) is 0 Å². The molecular formula is C11H15BrN2S. The van der Waals surface area contributed by atoms with Gasteiger partial charge in [-0.3, -0.25) is 4.98 Å².